The molecule has 0 aliphatic carbocycles. The molecule has 0 saturated carbocycles. The highest BCUT2D eigenvalue weighted by atomic mass is 16.2. The maximum Gasteiger partial charge on any atom is 0.253 e. The average Bonchev–Trinajstić information content (AvgIpc) is 2.81. The Bertz CT molecular complexity index is 366. The monoisotopic (exact) mass is 218 g/mol. The molecule has 0 bridgehead atoms. The number of rotatable bonds is 2. The average molecular weight is 218 g/mol. The van der Waals surface area contributed by atoms with E-state index in [4.69, 9.17) is 0 Å². The van der Waals surface area contributed by atoms with E-state index in [2.05, 4.69) is 5.32 Å². The van der Waals surface area contributed by atoms with Gasteiger partial charge >= 0.3 is 0 Å². The predicted molar refractivity (Wildman–Crippen MR) is 64.5 cm³/mol. The van der Waals surface area contributed by atoms with E-state index in [0.29, 0.717) is 6.04 Å². The van der Waals surface area contributed by atoms with Crippen molar-refractivity contribution in [3.05, 3.63) is 35.4 Å². The SMILES string of the molecule is Cc1ccc(C(=O)N(C)C2CCNC2)cc1. The van der Waals surface area contributed by atoms with E-state index in [0.717, 1.165) is 25.1 Å². The van der Waals surface area contributed by atoms with Crippen LogP contribution in [-0.2, 0) is 0 Å². The number of hydrogen-bond donors (Lipinski definition) is 1. The van der Waals surface area contributed by atoms with Gasteiger partial charge in [0.05, 0.1) is 0 Å². The zero-order chi connectivity index (χ0) is 11.5. The molecule has 0 spiro atoms. The molecule has 3 heteroatoms. The van der Waals surface area contributed by atoms with Gasteiger partial charge in [0.2, 0.25) is 0 Å². The third kappa shape index (κ3) is 2.25. The van der Waals surface area contributed by atoms with Crippen molar-refractivity contribution >= 4 is 5.91 Å². The molecule has 1 saturated heterocycles. The number of amides is 1. The number of carbonyl (C=O) groups excluding carboxylic acids is 1. The van der Waals surface area contributed by atoms with Crippen LogP contribution in [0.2, 0.25) is 0 Å². The number of aryl methyl sites for hydroxylation is 1. The lowest BCUT2D eigenvalue weighted by Crippen LogP contribution is -2.38. The Hall–Kier alpha value is -1.35. The largest absolute Gasteiger partial charge is 0.337 e. The van der Waals surface area contributed by atoms with Crippen LogP contribution >= 0.6 is 0 Å². The maximum absolute atomic E-state index is 12.1. The van der Waals surface area contributed by atoms with E-state index in [1.807, 2.05) is 43.1 Å². The Morgan fingerprint density at radius 3 is 2.62 bits per heavy atom. The summed E-state index contributed by atoms with van der Waals surface area (Å²) in [4.78, 5) is 14.0. The van der Waals surface area contributed by atoms with Gasteiger partial charge in [-0.05, 0) is 32.0 Å². The third-order valence-electron chi connectivity index (χ3n) is 3.20. The van der Waals surface area contributed by atoms with Crippen LogP contribution in [0.3, 0.4) is 0 Å². The van der Waals surface area contributed by atoms with Crippen LogP contribution < -0.4 is 5.32 Å². The maximum atomic E-state index is 12.1. The summed E-state index contributed by atoms with van der Waals surface area (Å²) in [5.74, 6) is 0.119. The summed E-state index contributed by atoms with van der Waals surface area (Å²) >= 11 is 0. The third-order valence-corrected chi connectivity index (χ3v) is 3.20. The van der Waals surface area contributed by atoms with Crippen molar-refractivity contribution in [1.82, 2.24) is 10.2 Å². The summed E-state index contributed by atoms with van der Waals surface area (Å²) in [5, 5.41) is 3.27. The first kappa shape index (κ1) is 11.1. The highest BCUT2D eigenvalue weighted by Crippen LogP contribution is 2.12. The van der Waals surface area contributed by atoms with E-state index < -0.39 is 0 Å². The number of hydrogen-bond acceptors (Lipinski definition) is 2. The lowest BCUT2D eigenvalue weighted by molar-refractivity contribution is 0.0744. The minimum Gasteiger partial charge on any atom is -0.337 e. The fourth-order valence-electron chi connectivity index (χ4n) is 2.04. The fourth-order valence-corrected chi connectivity index (χ4v) is 2.04. The molecule has 1 aromatic rings. The lowest BCUT2D eigenvalue weighted by Gasteiger charge is -2.23. The van der Waals surface area contributed by atoms with Gasteiger partial charge in [-0.2, -0.15) is 0 Å². The van der Waals surface area contributed by atoms with E-state index in [1.54, 1.807) is 0 Å². The zero-order valence-electron chi connectivity index (χ0n) is 9.86. The molecule has 1 atom stereocenters. The zero-order valence-corrected chi connectivity index (χ0v) is 9.86. The molecule has 1 heterocycles. The summed E-state index contributed by atoms with van der Waals surface area (Å²) in [5.41, 5.74) is 1.96. The van der Waals surface area contributed by atoms with Crippen molar-refractivity contribution in [3.8, 4) is 0 Å². The number of nitrogens with zero attached hydrogens (tertiary/aromatic N) is 1. The normalized spacial score (nSPS) is 19.8. The number of carbonyl (C=O) groups is 1. The van der Waals surface area contributed by atoms with Crippen LogP contribution in [0, 0.1) is 6.92 Å². The first-order chi connectivity index (χ1) is 7.68. The van der Waals surface area contributed by atoms with Crippen molar-refractivity contribution in [2.45, 2.75) is 19.4 Å². The first-order valence-electron chi connectivity index (χ1n) is 5.73. The smallest absolute Gasteiger partial charge is 0.253 e. The van der Waals surface area contributed by atoms with Crippen LogP contribution in [-0.4, -0.2) is 37.0 Å². The van der Waals surface area contributed by atoms with E-state index in [1.165, 1.54) is 5.56 Å². The van der Waals surface area contributed by atoms with Crippen molar-refractivity contribution in [1.29, 1.82) is 0 Å². The van der Waals surface area contributed by atoms with Gasteiger partial charge in [0, 0.05) is 25.2 Å². The van der Waals surface area contributed by atoms with E-state index in [9.17, 15) is 4.79 Å². The van der Waals surface area contributed by atoms with Crippen molar-refractivity contribution < 1.29 is 4.79 Å². The molecule has 0 aromatic heterocycles. The quantitative estimate of drug-likeness (QED) is 0.814. The molecule has 0 radical (unpaired) electrons. The van der Waals surface area contributed by atoms with Crippen LogP contribution in [0.15, 0.2) is 24.3 Å². The molecule has 1 aromatic carbocycles. The van der Waals surface area contributed by atoms with Crippen LogP contribution in [0.5, 0.6) is 0 Å². The van der Waals surface area contributed by atoms with Crippen molar-refractivity contribution in [2.24, 2.45) is 0 Å². The predicted octanol–water partition coefficient (Wildman–Crippen LogP) is 1.43. The standard InChI is InChI=1S/C13H18N2O/c1-10-3-5-11(6-4-10)13(16)15(2)12-7-8-14-9-12/h3-6,12,14H,7-9H2,1-2H3. The Balaban J connectivity index is 2.08. The van der Waals surface area contributed by atoms with Gasteiger partial charge in [-0.1, -0.05) is 17.7 Å². The van der Waals surface area contributed by atoms with Crippen LogP contribution in [0.25, 0.3) is 0 Å². The van der Waals surface area contributed by atoms with Gasteiger partial charge in [-0.3, -0.25) is 4.79 Å². The van der Waals surface area contributed by atoms with Crippen molar-refractivity contribution in [3.63, 3.8) is 0 Å². The van der Waals surface area contributed by atoms with Gasteiger partial charge in [-0.15, -0.1) is 0 Å². The highest BCUT2D eigenvalue weighted by Gasteiger charge is 2.23. The Morgan fingerprint density at radius 1 is 1.38 bits per heavy atom. The minimum absolute atomic E-state index is 0.119. The van der Waals surface area contributed by atoms with Crippen LogP contribution in [0.4, 0.5) is 0 Å². The molecule has 1 unspecified atom stereocenters. The van der Waals surface area contributed by atoms with Crippen molar-refractivity contribution in [2.75, 3.05) is 20.1 Å². The second-order valence-corrected chi connectivity index (χ2v) is 4.43. The van der Waals surface area contributed by atoms with Gasteiger partial charge in [0.1, 0.15) is 0 Å². The van der Waals surface area contributed by atoms with Gasteiger partial charge in [0.25, 0.3) is 5.91 Å². The molecule has 16 heavy (non-hydrogen) atoms. The molecule has 1 N–H and O–H groups in total. The summed E-state index contributed by atoms with van der Waals surface area (Å²) in [6.45, 7) is 3.95. The summed E-state index contributed by atoms with van der Waals surface area (Å²) in [7, 11) is 1.89. The minimum atomic E-state index is 0.119. The number of nitrogens with one attached hydrogen (secondary N) is 1. The van der Waals surface area contributed by atoms with Crippen LogP contribution in [0.1, 0.15) is 22.3 Å². The Kier molecular flexibility index (Phi) is 3.25. The molecule has 2 rings (SSSR count). The highest BCUT2D eigenvalue weighted by molar-refractivity contribution is 5.94. The van der Waals surface area contributed by atoms with Gasteiger partial charge in [-0.25, -0.2) is 0 Å². The lowest BCUT2D eigenvalue weighted by atomic mass is 10.1. The Labute approximate surface area is 96.5 Å². The molecule has 1 aliphatic rings. The summed E-state index contributed by atoms with van der Waals surface area (Å²) in [6.07, 6.45) is 1.05. The number of likely N-dealkylation sites (N-methyl/N-ethyl adjacent to an activating group) is 1. The molecule has 1 fully saturated rings. The molecule has 3 nitrogen and oxygen atoms in total. The molecular formula is C13H18N2O. The van der Waals surface area contributed by atoms with Gasteiger partial charge < -0.3 is 10.2 Å². The fraction of sp³-hybridized carbons (Fsp3) is 0.462. The molecule has 86 valence electrons. The van der Waals surface area contributed by atoms with Gasteiger partial charge in [0.15, 0.2) is 0 Å². The second-order valence-electron chi connectivity index (χ2n) is 4.43. The second kappa shape index (κ2) is 4.66. The molecule has 1 aliphatic heterocycles. The summed E-state index contributed by atoms with van der Waals surface area (Å²) < 4.78 is 0. The van der Waals surface area contributed by atoms with E-state index >= 15 is 0 Å². The Morgan fingerprint density at radius 2 is 2.06 bits per heavy atom. The molecular weight excluding hydrogens is 200 g/mol. The van der Waals surface area contributed by atoms with E-state index in [-0.39, 0.29) is 5.91 Å². The first-order valence-corrected chi connectivity index (χ1v) is 5.73. The molecule has 1 amide bonds. The summed E-state index contributed by atoms with van der Waals surface area (Å²) in [6, 6.07) is 8.10. The number of benzene rings is 1. The topological polar surface area (TPSA) is 32.3 Å².